The molecule has 0 saturated carbocycles. The fourth-order valence-electron chi connectivity index (χ4n) is 3.51. The van der Waals surface area contributed by atoms with Crippen molar-refractivity contribution in [3.05, 3.63) is 90.0 Å². The zero-order valence-corrected chi connectivity index (χ0v) is 17.3. The van der Waals surface area contributed by atoms with Gasteiger partial charge in [0.2, 0.25) is 6.71 Å². The Kier molecular flexibility index (Phi) is 6.02. The maximum Gasteiger partial charge on any atom is 0.337 e. The minimum Gasteiger partial charge on any atom is -0.465 e. The van der Waals surface area contributed by atoms with Crippen molar-refractivity contribution in [2.45, 2.75) is 20.8 Å². The number of hydrogen-bond donors (Lipinski definition) is 0. The summed E-state index contributed by atoms with van der Waals surface area (Å²) in [6.07, 6.45) is 0. The lowest BCUT2D eigenvalue weighted by molar-refractivity contribution is 0.0601. The number of ether oxygens (including phenoxy) is 1. The predicted molar refractivity (Wildman–Crippen MR) is 119 cm³/mol. The number of esters is 1. The highest BCUT2D eigenvalue weighted by Gasteiger charge is 2.30. The van der Waals surface area contributed by atoms with Gasteiger partial charge in [0.1, 0.15) is 0 Å². The molecular formula is C25H25BO3. The van der Waals surface area contributed by atoms with E-state index in [1.165, 1.54) is 7.11 Å². The summed E-state index contributed by atoms with van der Waals surface area (Å²) in [7, 11) is 1.38. The van der Waals surface area contributed by atoms with Crippen LogP contribution in [0.5, 0.6) is 0 Å². The van der Waals surface area contributed by atoms with Crippen LogP contribution in [0.15, 0.2) is 78.9 Å². The summed E-state index contributed by atoms with van der Waals surface area (Å²) in [6, 6.07) is 25.3. The van der Waals surface area contributed by atoms with Gasteiger partial charge in [-0.25, -0.2) is 4.79 Å². The molecule has 3 rings (SSSR count). The van der Waals surface area contributed by atoms with Crippen molar-refractivity contribution in [2.75, 3.05) is 7.11 Å². The smallest absolute Gasteiger partial charge is 0.337 e. The largest absolute Gasteiger partial charge is 0.465 e. The third-order valence-corrected chi connectivity index (χ3v) is 4.98. The summed E-state index contributed by atoms with van der Waals surface area (Å²) in [5, 5.41) is 0. The van der Waals surface area contributed by atoms with Gasteiger partial charge in [-0.05, 0) is 6.07 Å². The number of carbonyl (C=O) groups excluding carboxylic acids is 2. The lowest BCUT2D eigenvalue weighted by Gasteiger charge is -2.21. The van der Waals surface area contributed by atoms with Gasteiger partial charge in [0.05, 0.1) is 12.7 Å². The average molecular weight is 384 g/mol. The molecule has 29 heavy (non-hydrogen) atoms. The molecule has 0 unspecified atom stereocenters. The standard InChI is InChI=1S/C25H25BO3/c1-25(2,3)23(27)18-15-16-21(24(28)29-4)22(17-18)26(19-11-7-5-8-12-19)20-13-9-6-10-14-20/h5-17H,1-4H3. The normalized spacial score (nSPS) is 11.0. The van der Waals surface area contributed by atoms with E-state index in [1.54, 1.807) is 12.1 Å². The molecular weight excluding hydrogens is 359 g/mol. The molecule has 0 fully saturated rings. The molecule has 0 N–H and O–H groups in total. The molecule has 4 heteroatoms. The van der Waals surface area contributed by atoms with Gasteiger partial charge in [0.15, 0.2) is 5.78 Å². The number of Topliss-reactive ketones (excluding diaryl/α,β-unsaturated/α-hetero) is 1. The zero-order valence-electron chi connectivity index (χ0n) is 17.3. The summed E-state index contributed by atoms with van der Waals surface area (Å²) in [5.41, 5.74) is 3.41. The molecule has 0 aliphatic carbocycles. The highest BCUT2D eigenvalue weighted by molar-refractivity contribution is 6.96. The van der Waals surface area contributed by atoms with Gasteiger partial charge < -0.3 is 4.74 Å². The summed E-state index contributed by atoms with van der Waals surface area (Å²) < 4.78 is 5.04. The summed E-state index contributed by atoms with van der Waals surface area (Å²) >= 11 is 0. The molecule has 0 atom stereocenters. The van der Waals surface area contributed by atoms with Gasteiger partial charge in [-0.2, -0.15) is 0 Å². The van der Waals surface area contributed by atoms with Crippen molar-refractivity contribution in [2.24, 2.45) is 5.41 Å². The van der Waals surface area contributed by atoms with E-state index in [4.69, 9.17) is 4.74 Å². The van der Waals surface area contributed by atoms with E-state index in [-0.39, 0.29) is 12.5 Å². The zero-order chi connectivity index (χ0) is 21.0. The highest BCUT2D eigenvalue weighted by atomic mass is 16.5. The van der Waals surface area contributed by atoms with E-state index < -0.39 is 11.4 Å². The third kappa shape index (κ3) is 4.48. The molecule has 0 aliphatic rings. The van der Waals surface area contributed by atoms with E-state index >= 15 is 0 Å². The molecule has 0 aromatic heterocycles. The molecule has 0 saturated heterocycles. The van der Waals surface area contributed by atoms with Crippen LogP contribution in [0.25, 0.3) is 0 Å². The maximum atomic E-state index is 12.9. The molecule has 0 bridgehead atoms. The van der Waals surface area contributed by atoms with Crippen LogP contribution >= 0.6 is 0 Å². The highest BCUT2D eigenvalue weighted by Crippen LogP contribution is 2.21. The molecule has 0 heterocycles. The molecule has 3 aromatic carbocycles. The number of rotatable bonds is 5. The van der Waals surface area contributed by atoms with Gasteiger partial charge in [-0.1, -0.05) is 110 Å². The topological polar surface area (TPSA) is 43.4 Å². The molecule has 0 aliphatic heterocycles. The van der Waals surface area contributed by atoms with E-state index in [0.717, 1.165) is 16.4 Å². The minimum atomic E-state index is -0.515. The van der Waals surface area contributed by atoms with E-state index in [0.29, 0.717) is 11.1 Å². The number of benzene rings is 3. The summed E-state index contributed by atoms with van der Waals surface area (Å²) in [5.74, 6) is -0.373. The number of methoxy groups -OCH3 is 1. The molecule has 146 valence electrons. The van der Waals surface area contributed by atoms with Crippen molar-refractivity contribution in [3.8, 4) is 0 Å². The molecule has 3 nitrogen and oxygen atoms in total. The van der Waals surface area contributed by atoms with Crippen LogP contribution in [0.3, 0.4) is 0 Å². The van der Waals surface area contributed by atoms with E-state index in [2.05, 4.69) is 0 Å². The van der Waals surface area contributed by atoms with Gasteiger partial charge in [-0.3, -0.25) is 4.79 Å². The second-order valence-corrected chi connectivity index (χ2v) is 8.13. The van der Waals surface area contributed by atoms with Crippen molar-refractivity contribution < 1.29 is 14.3 Å². The van der Waals surface area contributed by atoms with Crippen molar-refractivity contribution in [3.63, 3.8) is 0 Å². The van der Waals surface area contributed by atoms with Crippen LogP contribution in [-0.2, 0) is 4.74 Å². The fourth-order valence-corrected chi connectivity index (χ4v) is 3.51. The second kappa shape index (κ2) is 8.48. The second-order valence-electron chi connectivity index (χ2n) is 8.13. The summed E-state index contributed by atoms with van der Waals surface area (Å²) in [4.78, 5) is 25.5. The van der Waals surface area contributed by atoms with Crippen LogP contribution in [0, 0.1) is 5.41 Å². The SMILES string of the molecule is COC(=O)c1ccc(C(=O)C(C)(C)C)cc1B(c1ccccc1)c1ccccc1. The quantitative estimate of drug-likeness (QED) is 0.386. The molecule has 3 aromatic rings. The summed E-state index contributed by atoms with van der Waals surface area (Å²) in [6.45, 7) is 5.50. The Bertz CT molecular complexity index is 966. The van der Waals surface area contributed by atoms with Crippen LogP contribution in [0.1, 0.15) is 41.5 Å². The Morgan fingerprint density at radius 2 is 1.31 bits per heavy atom. The first-order valence-corrected chi connectivity index (χ1v) is 9.70. The number of carbonyl (C=O) groups is 2. The monoisotopic (exact) mass is 384 g/mol. The van der Waals surface area contributed by atoms with E-state index in [1.807, 2.05) is 87.5 Å². The Hall–Kier alpha value is -3.14. The van der Waals surface area contributed by atoms with Gasteiger partial charge in [0.25, 0.3) is 0 Å². The number of ketones is 1. The Morgan fingerprint density at radius 1 is 0.793 bits per heavy atom. The molecule has 0 amide bonds. The Labute approximate surface area is 172 Å². The van der Waals surface area contributed by atoms with E-state index in [9.17, 15) is 9.59 Å². The van der Waals surface area contributed by atoms with Crippen molar-refractivity contribution >= 4 is 34.9 Å². The first-order chi connectivity index (χ1) is 13.8. The van der Waals surface area contributed by atoms with Crippen LogP contribution in [0.4, 0.5) is 0 Å². The van der Waals surface area contributed by atoms with Gasteiger partial charge in [-0.15, -0.1) is 0 Å². The first kappa shape index (κ1) is 20.6. The van der Waals surface area contributed by atoms with Crippen molar-refractivity contribution in [1.82, 2.24) is 0 Å². The molecule has 0 radical (unpaired) electrons. The van der Waals surface area contributed by atoms with Gasteiger partial charge in [0, 0.05) is 11.0 Å². The Balaban J connectivity index is 2.27. The average Bonchev–Trinajstić information content (AvgIpc) is 2.73. The number of hydrogen-bond acceptors (Lipinski definition) is 3. The van der Waals surface area contributed by atoms with Gasteiger partial charge >= 0.3 is 5.97 Å². The van der Waals surface area contributed by atoms with Crippen molar-refractivity contribution in [1.29, 1.82) is 0 Å². The minimum absolute atomic E-state index is 0.0371. The Morgan fingerprint density at radius 3 is 1.76 bits per heavy atom. The maximum absolute atomic E-state index is 12.9. The third-order valence-electron chi connectivity index (χ3n) is 4.98. The molecule has 0 spiro atoms. The van der Waals surface area contributed by atoms with Crippen LogP contribution in [0.2, 0.25) is 0 Å². The lowest BCUT2D eigenvalue weighted by atomic mass is 9.36. The lowest BCUT2D eigenvalue weighted by Crippen LogP contribution is -2.54. The van der Waals surface area contributed by atoms with Crippen LogP contribution in [-0.4, -0.2) is 25.6 Å². The predicted octanol–water partition coefficient (Wildman–Crippen LogP) is 3.22. The fraction of sp³-hybridized carbons (Fsp3) is 0.200. The first-order valence-electron chi connectivity index (χ1n) is 9.70. The van der Waals surface area contributed by atoms with Crippen LogP contribution < -0.4 is 16.4 Å².